The van der Waals surface area contributed by atoms with Gasteiger partial charge in [-0.25, -0.2) is 14.8 Å². The lowest BCUT2D eigenvalue weighted by Gasteiger charge is -2.35. The molecule has 0 radical (unpaired) electrons. The molecule has 0 saturated carbocycles. The number of amides is 2. The van der Waals surface area contributed by atoms with Crippen molar-refractivity contribution in [2.24, 2.45) is 11.8 Å². The number of rotatable bonds is 10. The number of anilines is 2. The Bertz CT molecular complexity index is 1270. The first-order valence-corrected chi connectivity index (χ1v) is 16.5. The lowest BCUT2D eigenvalue weighted by atomic mass is 9.84. The van der Waals surface area contributed by atoms with Crippen molar-refractivity contribution >= 4 is 23.8 Å². The van der Waals surface area contributed by atoms with Gasteiger partial charge in [-0.05, 0) is 64.7 Å². The number of carbonyl (C=O) groups is 2. The van der Waals surface area contributed by atoms with E-state index in [9.17, 15) is 9.59 Å². The maximum atomic E-state index is 12.8. The Morgan fingerprint density at radius 2 is 1.84 bits per heavy atom. The minimum Gasteiger partial charge on any atom is -0.477 e. The molecular formula is C32H50N8O5. The molecule has 2 aromatic heterocycles. The number of likely N-dealkylation sites (tertiary alicyclic amines) is 1. The number of hydrogen-bond donors (Lipinski definition) is 1. The Hall–Kier alpha value is -3.64. The molecule has 13 heteroatoms. The van der Waals surface area contributed by atoms with Gasteiger partial charge >= 0.3 is 12.1 Å². The first-order chi connectivity index (χ1) is 21.5. The van der Waals surface area contributed by atoms with Crippen molar-refractivity contribution in [2.75, 3.05) is 49.1 Å². The molecule has 3 aliphatic rings. The van der Waals surface area contributed by atoms with Crippen molar-refractivity contribution in [3.63, 3.8) is 0 Å². The Morgan fingerprint density at radius 3 is 2.49 bits per heavy atom. The summed E-state index contributed by atoms with van der Waals surface area (Å²) >= 11 is 0. The second-order valence-electron chi connectivity index (χ2n) is 14.0. The van der Waals surface area contributed by atoms with Gasteiger partial charge in [-0.3, -0.25) is 4.79 Å². The average molecular weight is 627 g/mol. The van der Waals surface area contributed by atoms with Crippen LogP contribution in [0.15, 0.2) is 16.9 Å². The number of carbonyl (C=O) groups excluding carboxylic acids is 2. The van der Waals surface area contributed by atoms with Crippen LogP contribution in [0.2, 0.25) is 0 Å². The summed E-state index contributed by atoms with van der Waals surface area (Å²) < 4.78 is 17.0. The number of hydrogen-bond acceptors (Lipinski definition) is 11. The molecule has 248 valence electrons. The molecule has 3 fully saturated rings. The second kappa shape index (κ2) is 14.2. The van der Waals surface area contributed by atoms with E-state index in [1.807, 2.05) is 25.7 Å². The number of nitrogens with zero attached hydrogens (tertiary/aromatic N) is 7. The van der Waals surface area contributed by atoms with Crippen LogP contribution in [0.5, 0.6) is 5.88 Å². The molecule has 2 aromatic rings. The Kier molecular flexibility index (Phi) is 10.3. The number of alkyl carbamates (subject to hydrolysis) is 1. The van der Waals surface area contributed by atoms with Gasteiger partial charge in [-0.2, -0.15) is 4.98 Å². The van der Waals surface area contributed by atoms with Gasteiger partial charge < -0.3 is 34.0 Å². The van der Waals surface area contributed by atoms with Gasteiger partial charge in [-0.1, -0.05) is 25.9 Å². The molecular weight excluding hydrogens is 576 g/mol. The fourth-order valence-electron chi connectivity index (χ4n) is 6.45. The second-order valence-corrected chi connectivity index (χ2v) is 14.0. The lowest BCUT2D eigenvalue weighted by molar-refractivity contribution is -0.135. The molecule has 0 bridgehead atoms. The van der Waals surface area contributed by atoms with E-state index in [0.717, 1.165) is 51.0 Å². The molecule has 5 heterocycles. The minimum absolute atomic E-state index is 0.130. The van der Waals surface area contributed by atoms with Crippen LogP contribution in [-0.4, -0.2) is 94.0 Å². The van der Waals surface area contributed by atoms with Gasteiger partial charge in [0.25, 0.3) is 0 Å². The highest BCUT2D eigenvalue weighted by Crippen LogP contribution is 2.30. The average Bonchev–Trinajstić information content (AvgIpc) is 3.65. The minimum atomic E-state index is -0.608. The van der Waals surface area contributed by atoms with E-state index in [1.165, 1.54) is 0 Å². The summed E-state index contributed by atoms with van der Waals surface area (Å²) in [6.07, 6.45) is 8.39. The number of nitrogens with one attached hydrogen (secondary N) is 1. The molecule has 45 heavy (non-hydrogen) atoms. The van der Waals surface area contributed by atoms with Gasteiger partial charge in [-0.15, -0.1) is 0 Å². The Morgan fingerprint density at radius 1 is 1.07 bits per heavy atom. The van der Waals surface area contributed by atoms with Crippen LogP contribution in [0.1, 0.15) is 91.8 Å². The number of piperidine rings is 2. The molecule has 0 aliphatic carbocycles. The van der Waals surface area contributed by atoms with E-state index in [2.05, 4.69) is 56.0 Å². The molecule has 5 rings (SSSR count). The third kappa shape index (κ3) is 8.55. The molecule has 2 amide bonds. The van der Waals surface area contributed by atoms with Crippen LogP contribution in [-0.2, 0) is 9.53 Å². The van der Waals surface area contributed by atoms with Crippen LogP contribution in [0.3, 0.4) is 0 Å². The van der Waals surface area contributed by atoms with Gasteiger partial charge in [0.2, 0.25) is 11.8 Å². The van der Waals surface area contributed by atoms with E-state index in [0.29, 0.717) is 62.2 Å². The molecule has 1 N–H and O–H groups in total. The van der Waals surface area contributed by atoms with E-state index in [4.69, 9.17) is 14.0 Å². The van der Waals surface area contributed by atoms with E-state index < -0.39 is 11.7 Å². The highest BCUT2D eigenvalue weighted by atomic mass is 16.6. The highest BCUT2D eigenvalue weighted by molar-refractivity contribution is 5.78. The molecule has 0 aromatic carbocycles. The number of aromatic nitrogens is 4. The molecule has 3 aliphatic heterocycles. The maximum Gasteiger partial charge on any atom is 0.408 e. The largest absolute Gasteiger partial charge is 0.477 e. The summed E-state index contributed by atoms with van der Waals surface area (Å²) in [7, 11) is 0. The van der Waals surface area contributed by atoms with Crippen LogP contribution in [0.4, 0.5) is 16.6 Å². The predicted molar refractivity (Wildman–Crippen MR) is 169 cm³/mol. The van der Waals surface area contributed by atoms with Crippen molar-refractivity contribution in [1.82, 2.24) is 30.3 Å². The van der Waals surface area contributed by atoms with Crippen LogP contribution >= 0.6 is 0 Å². The van der Waals surface area contributed by atoms with E-state index >= 15 is 0 Å². The van der Waals surface area contributed by atoms with Gasteiger partial charge in [0.1, 0.15) is 11.4 Å². The molecule has 13 nitrogen and oxygen atoms in total. The van der Waals surface area contributed by atoms with Crippen molar-refractivity contribution in [3.8, 4) is 5.88 Å². The monoisotopic (exact) mass is 626 g/mol. The Balaban J connectivity index is 1.10. The molecule has 3 saturated heterocycles. The van der Waals surface area contributed by atoms with Crippen molar-refractivity contribution in [2.45, 2.75) is 104 Å². The zero-order valence-electron chi connectivity index (χ0n) is 27.7. The summed E-state index contributed by atoms with van der Waals surface area (Å²) in [4.78, 5) is 45.3. The third-order valence-corrected chi connectivity index (χ3v) is 9.08. The zero-order valence-corrected chi connectivity index (χ0v) is 27.7. The third-order valence-electron chi connectivity index (χ3n) is 9.08. The summed E-state index contributed by atoms with van der Waals surface area (Å²) in [6, 6.07) is 0.188. The van der Waals surface area contributed by atoms with E-state index in [1.54, 1.807) is 12.4 Å². The molecule has 0 spiro atoms. The van der Waals surface area contributed by atoms with Crippen molar-refractivity contribution in [1.29, 1.82) is 0 Å². The van der Waals surface area contributed by atoms with Crippen LogP contribution < -0.4 is 19.9 Å². The standard InChI is InChI=1S/C32H50N8O5/c1-21(2)29-36-30(45-37-29)38-14-10-23(11-15-38)22(3)12-16-43-27-18-33-26(17-34-27)39-19-24(35-31(42)44-32(4,5)6)25(20-39)40-13-8-7-9-28(40)41/h17-18,21-25H,7-16,19-20H2,1-6H3,(H,35,42)/t22?,24-,25-/m0/s1. The van der Waals surface area contributed by atoms with Crippen LogP contribution in [0.25, 0.3) is 0 Å². The first kappa shape index (κ1) is 32.7. The SMILES string of the molecule is CC(C)c1noc(N2CCC(C(C)CCOc3cnc(N4C[C@H](NC(=O)OC(C)(C)C)[C@@H](N5CCCCC5=O)C4)cn3)CC2)n1. The molecule has 3 atom stereocenters. The highest BCUT2D eigenvalue weighted by Gasteiger charge is 2.41. The lowest BCUT2D eigenvalue weighted by Crippen LogP contribution is -2.54. The fourth-order valence-corrected chi connectivity index (χ4v) is 6.45. The zero-order chi connectivity index (χ0) is 32.1. The Labute approximate surface area is 266 Å². The van der Waals surface area contributed by atoms with Gasteiger partial charge in [0.05, 0.1) is 31.1 Å². The molecule has 1 unspecified atom stereocenters. The number of ether oxygens (including phenoxy) is 2. The maximum absolute atomic E-state index is 12.8. The fraction of sp³-hybridized carbons (Fsp3) is 0.750. The van der Waals surface area contributed by atoms with Crippen molar-refractivity contribution in [3.05, 3.63) is 18.2 Å². The van der Waals surface area contributed by atoms with E-state index in [-0.39, 0.29) is 23.9 Å². The quantitative estimate of drug-likeness (QED) is 0.401. The summed E-state index contributed by atoms with van der Waals surface area (Å²) in [5, 5.41) is 7.11. The predicted octanol–water partition coefficient (Wildman–Crippen LogP) is 4.40. The van der Waals surface area contributed by atoms with Gasteiger partial charge in [0.15, 0.2) is 5.82 Å². The van der Waals surface area contributed by atoms with Crippen molar-refractivity contribution < 1.29 is 23.6 Å². The van der Waals surface area contributed by atoms with Crippen LogP contribution in [0, 0.1) is 11.8 Å². The summed E-state index contributed by atoms with van der Waals surface area (Å²) in [6.45, 7) is 16.1. The normalized spacial score (nSPS) is 22.2. The first-order valence-electron chi connectivity index (χ1n) is 16.5. The smallest absolute Gasteiger partial charge is 0.408 e. The van der Waals surface area contributed by atoms with Gasteiger partial charge in [0, 0.05) is 45.1 Å². The summed E-state index contributed by atoms with van der Waals surface area (Å²) in [5.74, 6) is 3.45. The summed E-state index contributed by atoms with van der Waals surface area (Å²) in [5.41, 5.74) is -0.608. The topological polar surface area (TPSA) is 139 Å².